The first-order valence-corrected chi connectivity index (χ1v) is 13.5. The molecule has 1 aliphatic carbocycles. The molecule has 0 N–H and O–H groups in total. The lowest BCUT2D eigenvalue weighted by Gasteiger charge is -2.27. The quantitative estimate of drug-likeness (QED) is 0.220. The Hall–Kier alpha value is -3.81. The van der Waals surface area contributed by atoms with E-state index < -0.39 is 0 Å². The van der Waals surface area contributed by atoms with Crippen LogP contribution in [0.25, 0.3) is 11.1 Å². The summed E-state index contributed by atoms with van der Waals surface area (Å²) < 4.78 is 0. The minimum Gasteiger partial charge on any atom is -0.310 e. The van der Waals surface area contributed by atoms with E-state index in [4.69, 9.17) is 11.6 Å². The number of fused-ring (bicyclic) bond motifs is 3. The molecule has 0 saturated carbocycles. The van der Waals surface area contributed by atoms with Crippen molar-refractivity contribution in [3.63, 3.8) is 0 Å². The summed E-state index contributed by atoms with van der Waals surface area (Å²) in [5.41, 5.74) is 12.6. The molecule has 1 unspecified atom stereocenters. The Balaban J connectivity index is 1.56. The Morgan fingerprint density at radius 2 is 1.14 bits per heavy atom. The first kappa shape index (κ1) is 23.6. The van der Waals surface area contributed by atoms with Crippen LogP contribution in [0.15, 0.2) is 115 Å². The van der Waals surface area contributed by atoms with E-state index in [1.54, 1.807) is 0 Å². The van der Waals surface area contributed by atoms with E-state index in [0.717, 1.165) is 17.9 Å². The molecule has 0 radical (unpaired) electrons. The summed E-state index contributed by atoms with van der Waals surface area (Å²) >= 11 is 6.51. The molecule has 5 aromatic carbocycles. The van der Waals surface area contributed by atoms with Gasteiger partial charge in [0.15, 0.2) is 0 Å². The fraction of sp³-hybridized carbons (Fsp3) is 0.143. The number of benzene rings is 5. The standard InChI is InChI=1S/C35H30ClN/c1-3-24-10-8-14-28(20-24)37(29-15-9-11-25(4-2)21-29)30-17-19-32-31-18-16-27(36)22-33(31)35(34(32)23-30)26-12-6-5-7-13-26/h5-23,35H,3-4H2,1-2H3. The highest BCUT2D eigenvalue weighted by molar-refractivity contribution is 6.30. The Labute approximate surface area is 225 Å². The fourth-order valence-electron chi connectivity index (χ4n) is 5.64. The molecule has 182 valence electrons. The van der Waals surface area contributed by atoms with Gasteiger partial charge in [-0.15, -0.1) is 0 Å². The maximum atomic E-state index is 6.51. The van der Waals surface area contributed by atoms with Gasteiger partial charge in [-0.2, -0.15) is 0 Å². The summed E-state index contributed by atoms with van der Waals surface area (Å²) in [6.07, 6.45) is 2.01. The van der Waals surface area contributed by atoms with Gasteiger partial charge in [0.25, 0.3) is 0 Å². The molecule has 0 heterocycles. The molecule has 6 rings (SSSR count). The summed E-state index contributed by atoms with van der Waals surface area (Å²) in [6, 6.07) is 41.9. The highest BCUT2D eigenvalue weighted by Crippen LogP contribution is 2.50. The molecule has 1 aliphatic rings. The molecular formula is C35H30ClN. The van der Waals surface area contributed by atoms with Gasteiger partial charge in [0.2, 0.25) is 0 Å². The lowest BCUT2D eigenvalue weighted by Crippen LogP contribution is -2.11. The second-order valence-corrected chi connectivity index (χ2v) is 10.2. The van der Waals surface area contributed by atoms with Gasteiger partial charge in [-0.25, -0.2) is 0 Å². The zero-order valence-corrected chi connectivity index (χ0v) is 22.0. The number of aryl methyl sites for hydroxylation is 2. The molecule has 5 aromatic rings. The van der Waals surface area contributed by atoms with E-state index in [1.165, 1.54) is 56.0 Å². The van der Waals surface area contributed by atoms with Gasteiger partial charge in [-0.3, -0.25) is 0 Å². The van der Waals surface area contributed by atoms with Crippen molar-refractivity contribution in [3.8, 4) is 11.1 Å². The SMILES string of the molecule is CCc1cccc(N(c2cccc(CC)c2)c2ccc3c(c2)C(c2ccccc2)c2cc(Cl)ccc2-3)c1. The van der Waals surface area contributed by atoms with Crippen LogP contribution >= 0.6 is 11.6 Å². The zero-order valence-electron chi connectivity index (χ0n) is 21.3. The Kier molecular flexibility index (Phi) is 6.32. The Bertz CT molecular complexity index is 1520. The van der Waals surface area contributed by atoms with Gasteiger partial charge in [-0.05, 0) is 100 Å². The third kappa shape index (κ3) is 4.34. The van der Waals surface area contributed by atoms with Crippen molar-refractivity contribution in [2.24, 2.45) is 0 Å². The Morgan fingerprint density at radius 1 is 0.568 bits per heavy atom. The smallest absolute Gasteiger partial charge is 0.0465 e. The molecule has 0 amide bonds. The topological polar surface area (TPSA) is 3.24 Å². The van der Waals surface area contributed by atoms with Crippen LogP contribution in [0.4, 0.5) is 17.1 Å². The third-order valence-electron chi connectivity index (χ3n) is 7.51. The largest absolute Gasteiger partial charge is 0.310 e. The average Bonchev–Trinajstić information content (AvgIpc) is 3.26. The maximum Gasteiger partial charge on any atom is 0.0465 e. The van der Waals surface area contributed by atoms with Crippen LogP contribution < -0.4 is 4.90 Å². The molecule has 0 fully saturated rings. The van der Waals surface area contributed by atoms with E-state index in [1.807, 2.05) is 6.07 Å². The number of rotatable bonds is 6. The molecule has 0 saturated heterocycles. The number of anilines is 3. The van der Waals surface area contributed by atoms with E-state index in [9.17, 15) is 0 Å². The van der Waals surface area contributed by atoms with Gasteiger partial charge in [-0.1, -0.05) is 92.2 Å². The predicted octanol–water partition coefficient (Wildman–Crippen LogP) is 10.1. The first-order valence-electron chi connectivity index (χ1n) is 13.1. The van der Waals surface area contributed by atoms with Crippen molar-refractivity contribution in [2.45, 2.75) is 32.6 Å². The normalized spacial score (nSPS) is 13.8. The van der Waals surface area contributed by atoms with Gasteiger partial charge in [0, 0.05) is 28.0 Å². The van der Waals surface area contributed by atoms with E-state index in [0.29, 0.717) is 0 Å². The molecule has 2 heteroatoms. The van der Waals surface area contributed by atoms with Crippen molar-refractivity contribution < 1.29 is 0 Å². The number of nitrogens with zero attached hydrogens (tertiary/aromatic N) is 1. The van der Waals surface area contributed by atoms with Crippen LogP contribution in [-0.4, -0.2) is 0 Å². The van der Waals surface area contributed by atoms with Crippen molar-refractivity contribution in [3.05, 3.63) is 148 Å². The van der Waals surface area contributed by atoms with Crippen LogP contribution in [0, 0.1) is 0 Å². The zero-order chi connectivity index (χ0) is 25.4. The van der Waals surface area contributed by atoms with Crippen molar-refractivity contribution >= 4 is 28.7 Å². The van der Waals surface area contributed by atoms with Crippen LogP contribution in [0.2, 0.25) is 5.02 Å². The van der Waals surface area contributed by atoms with Gasteiger partial charge >= 0.3 is 0 Å². The highest BCUT2D eigenvalue weighted by atomic mass is 35.5. The summed E-state index contributed by atoms with van der Waals surface area (Å²) in [7, 11) is 0. The lowest BCUT2D eigenvalue weighted by molar-refractivity contribution is 1.01. The van der Waals surface area contributed by atoms with Gasteiger partial charge in [0.05, 0.1) is 0 Å². The molecular weight excluding hydrogens is 470 g/mol. The van der Waals surface area contributed by atoms with E-state index >= 15 is 0 Å². The fourth-order valence-corrected chi connectivity index (χ4v) is 5.82. The first-order chi connectivity index (χ1) is 18.2. The summed E-state index contributed by atoms with van der Waals surface area (Å²) in [5.74, 6) is 0.149. The van der Waals surface area contributed by atoms with Crippen LogP contribution in [-0.2, 0) is 12.8 Å². The number of hydrogen-bond donors (Lipinski definition) is 0. The van der Waals surface area contributed by atoms with E-state index in [-0.39, 0.29) is 5.92 Å². The molecule has 1 atom stereocenters. The number of hydrogen-bond acceptors (Lipinski definition) is 1. The monoisotopic (exact) mass is 499 g/mol. The third-order valence-corrected chi connectivity index (χ3v) is 7.74. The Morgan fingerprint density at radius 3 is 1.76 bits per heavy atom. The van der Waals surface area contributed by atoms with Crippen molar-refractivity contribution in [2.75, 3.05) is 4.90 Å². The van der Waals surface area contributed by atoms with E-state index in [2.05, 4.69) is 128 Å². The highest BCUT2D eigenvalue weighted by Gasteiger charge is 2.31. The lowest BCUT2D eigenvalue weighted by atomic mass is 9.89. The summed E-state index contributed by atoms with van der Waals surface area (Å²) in [4.78, 5) is 2.40. The molecule has 1 nitrogen and oxygen atoms in total. The second kappa shape index (κ2) is 9.92. The molecule has 0 aromatic heterocycles. The number of halogens is 1. The molecule has 0 aliphatic heterocycles. The minimum atomic E-state index is 0.149. The van der Waals surface area contributed by atoms with Crippen LogP contribution in [0.5, 0.6) is 0 Å². The molecule has 37 heavy (non-hydrogen) atoms. The second-order valence-electron chi connectivity index (χ2n) is 9.73. The van der Waals surface area contributed by atoms with Crippen LogP contribution in [0.1, 0.15) is 47.6 Å². The van der Waals surface area contributed by atoms with Crippen molar-refractivity contribution in [1.82, 2.24) is 0 Å². The minimum absolute atomic E-state index is 0.149. The molecule has 0 bridgehead atoms. The van der Waals surface area contributed by atoms with Crippen molar-refractivity contribution in [1.29, 1.82) is 0 Å². The maximum absolute atomic E-state index is 6.51. The summed E-state index contributed by atoms with van der Waals surface area (Å²) in [5, 5.41) is 0.780. The summed E-state index contributed by atoms with van der Waals surface area (Å²) in [6.45, 7) is 4.42. The van der Waals surface area contributed by atoms with Crippen LogP contribution in [0.3, 0.4) is 0 Å². The average molecular weight is 500 g/mol. The van der Waals surface area contributed by atoms with Gasteiger partial charge in [0.1, 0.15) is 0 Å². The van der Waals surface area contributed by atoms with Gasteiger partial charge < -0.3 is 4.90 Å². The molecule has 0 spiro atoms. The predicted molar refractivity (Wildman–Crippen MR) is 158 cm³/mol.